The first kappa shape index (κ1) is 49.1. The van der Waals surface area contributed by atoms with Crippen molar-refractivity contribution in [3.05, 3.63) is 152 Å². The van der Waals surface area contributed by atoms with Crippen molar-refractivity contribution in [3.8, 4) is 19.5 Å². The van der Waals surface area contributed by atoms with Gasteiger partial charge < -0.3 is 9.80 Å². The number of thiophene rings is 4. The van der Waals surface area contributed by atoms with Crippen LogP contribution < -0.4 is 0 Å². The second-order valence-electron chi connectivity index (χ2n) is 21.4. The molecule has 78 heavy (non-hydrogen) atoms. The van der Waals surface area contributed by atoms with E-state index in [0.717, 1.165) is 144 Å². The van der Waals surface area contributed by atoms with Crippen molar-refractivity contribution < 1.29 is 28.8 Å². The van der Waals surface area contributed by atoms with Crippen LogP contribution in [-0.4, -0.2) is 57.8 Å². The Morgan fingerprint density at radius 3 is 1.08 bits per heavy atom. The minimum atomic E-state index is -0.451. The van der Waals surface area contributed by atoms with E-state index in [4.69, 9.17) is 0 Å². The van der Waals surface area contributed by atoms with Crippen LogP contribution in [0, 0.1) is 11.8 Å². The number of ketones is 4. The highest BCUT2D eigenvalue weighted by Gasteiger charge is 2.50. The van der Waals surface area contributed by atoms with Gasteiger partial charge in [0.25, 0.3) is 11.8 Å². The zero-order chi connectivity index (χ0) is 53.4. The van der Waals surface area contributed by atoms with Crippen molar-refractivity contribution in [2.75, 3.05) is 13.1 Å². The lowest BCUT2D eigenvalue weighted by molar-refractivity contribution is -0.124. The van der Waals surface area contributed by atoms with E-state index in [1.165, 1.54) is 0 Å². The number of fused-ring (bicyclic) bond motifs is 5. The van der Waals surface area contributed by atoms with Crippen LogP contribution in [0.5, 0.6) is 0 Å². The van der Waals surface area contributed by atoms with Crippen LogP contribution in [0.25, 0.3) is 94.2 Å². The molecule has 2 atom stereocenters. The lowest BCUT2D eigenvalue weighted by atomic mass is 9.80. The molecular weight excluding hydrogens is 1050 g/mol. The number of unbranched alkanes of at least 4 members (excludes halogenated alkanes) is 2. The Morgan fingerprint density at radius 1 is 0.385 bits per heavy atom. The van der Waals surface area contributed by atoms with Gasteiger partial charge >= 0.3 is 0 Å². The smallest absolute Gasteiger partial charge is 0.261 e. The maximum absolute atomic E-state index is 15.7. The van der Waals surface area contributed by atoms with Gasteiger partial charge in [-0.1, -0.05) is 115 Å². The Balaban J connectivity index is 0.898. The summed E-state index contributed by atoms with van der Waals surface area (Å²) < 4.78 is 2.02. The minimum absolute atomic E-state index is 0.128. The first-order chi connectivity index (χ1) is 38.0. The van der Waals surface area contributed by atoms with Crippen LogP contribution >= 0.6 is 45.3 Å². The molecule has 6 aromatic carbocycles. The first-order valence-corrected chi connectivity index (χ1v) is 30.6. The molecule has 6 aliphatic rings. The van der Waals surface area contributed by atoms with Crippen LogP contribution in [0.3, 0.4) is 0 Å². The fourth-order valence-electron chi connectivity index (χ4n) is 12.9. The largest absolute Gasteiger partial charge is 0.306 e. The van der Waals surface area contributed by atoms with Gasteiger partial charge in [-0.05, 0) is 139 Å². The minimum Gasteiger partial charge on any atom is -0.306 e. The summed E-state index contributed by atoms with van der Waals surface area (Å²) in [6.07, 6.45) is 7.98. The summed E-state index contributed by atoms with van der Waals surface area (Å²) >= 11 is 6.47. The Kier molecular flexibility index (Phi) is 11.8. The first-order valence-electron chi connectivity index (χ1n) is 27.4. The average Bonchev–Trinajstić information content (AvgIpc) is 4.50. The summed E-state index contributed by atoms with van der Waals surface area (Å²) in [4.78, 5) is 94.7. The number of nitrogens with zero attached hydrogens (tertiary/aromatic N) is 2. The molecule has 12 heteroatoms. The SMILES string of the molecule is CCCCC(CC)CN1C(=O)C2=C(c3ccc(-c4cc5cc6c7c8ccccc8c(c6cc5s4)C(=O)C7=O)s3)N(CC(CC)CCCC)C(=O)C2=C1c1ccc(-c2cc3cc4c5c6ccccc6c(c4cc3s2)C(=O)C5=O)s1. The number of carbonyl (C=O) groups excluding carboxylic acids is 6. The van der Waals surface area contributed by atoms with E-state index in [-0.39, 0.29) is 23.7 Å². The van der Waals surface area contributed by atoms with Gasteiger partial charge in [-0.2, -0.15) is 0 Å². The second-order valence-corrected chi connectivity index (χ2v) is 25.8. The highest BCUT2D eigenvalue weighted by Crippen LogP contribution is 2.53. The number of Topliss-reactive ketones (excluding diaryl/α,β-unsaturated/α-hetero) is 4. The summed E-state index contributed by atoms with van der Waals surface area (Å²) in [7, 11) is 0. The van der Waals surface area contributed by atoms with E-state index in [1.54, 1.807) is 45.3 Å². The zero-order valence-electron chi connectivity index (χ0n) is 43.6. The quantitative estimate of drug-likeness (QED) is 0.0704. The molecule has 0 saturated carbocycles. The van der Waals surface area contributed by atoms with Gasteiger partial charge in [0.2, 0.25) is 23.1 Å². The molecule has 0 spiro atoms. The molecule has 0 N–H and O–H groups in total. The van der Waals surface area contributed by atoms with Gasteiger partial charge in [-0.25, -0.2) is 0 Å². The van der Waals surface area contributed by atoms with Crippen molar-refractivity contribution in [2.45, 2.75) is 79.1 Å². The number of benzene rings is 6. The second kappa shape index (κ2) is 18.7. The molecule has 6 heterocycles. The van der Waals surface area contributed by atoms with Crippen molar-refractivity contribution in [1.29, 1.82) is 0 Å². The van der Waals surface area contributed by atoms with Crippen molar-refractivity contribution >= 4 is 155 Å². The summed E-state index contributed by atoms with van der Waals surface area (Å²) in [5.41, 5.74) is 4.25. The molecule has 10 aromatic rings. The van der Waals surface area contributed by atoms with Gasteiger partial charge in [0.05, 0.1) is 32.3 Å². The molecule has 16 rings (SSSR count). The van der Waals surface area contributed by atoms with Gasteiger partial charge in [0.1, 0.15) is 0 Å². The Bertz CT molecular complexity index is 3980. The molecule has 4 bridgehead atoms. The highest BCUT2D eigenvalue weighted by molar-refractivity contribution is 7.27. The Labute approximate surface area is 466 Å². The number of carbonyl (C=O) groups is 6. The monoisotopic (exact) mass is 1100 g/mol. The number of hydrogen-bond donors (Lipinski definition) is 0. The molecule has 386 valence electrons. The molecule has 0 saturated heterocycles. The van der Waals surface area contributed by atoms with Gasteiger partial charge in [-0.15, -0.1) is 45.3 Å². The third kappa shape index (κ3) is 7.25. The molecule has 2 amide bonds. The maximum atomic E-state index is 15.7. The Morgan fingerprint density at radius 2 is 0.731 bits per heavy atom. The van der Waals surface area contributed by atoms with Crippen molar-refractivity contribution in [3.63, 3.8) is 0 Å². The number of amides is 2. The van der Waals surface area contributed by atoms with E-state index in [2.05, 4.69) is 88.4 Å². The van der Waals surface area contributed by atoms with Crippen LogP contribution in [-0.2, 0) is 9.59 Å². The lowest BCUT2D eigenvalue weighted by Crippen LogP contribution is -2.34. The fraction of sp³-hybridized carbons (Fsp3) is 0.242. The molecular formula is C66H52N2O6S4. The molecule has 0 fully saturated rings. The standard InChI is InChI=1S/C66H52N2O6S4/c1-5-9-15-33(7-3)31-67-59(47-23-21-45(75-47)51-27-35-25-41-43(29-49(35)77-51)55-39-19-13-11-17-37(39)53(41)61(69)63(55)71)57-58(65(67)73)60(68(66(57)74)32-34(8-4)16-10-6-2)48-24-22-46(76-48)52-28-36-26-42-44(30-50(36)78-52)56-40-20-14-12-18-38(40)54(42)62(70)64(56)72/h11-14,17-30,33-34H,5-10,15-16,31-32H2,1-4H3. The maximum Gasteiger partial charge on any atom is 0.261 e. The molecule has 2 unspecified atom stereocenters. The predicted molar refractivity (Wildman–Crippen MR) is 322 cm³/mol. The number of hydrogen-bond acceptors (Lipinski definition) is 10. The average molecular weight is 1100 g/mol. The van der Waals surface area contributed by atoms with E-state index >= 15 is 9.59 Å². The Hall–Kier alpha value is -7.22. The highest BCUT2D eigenvalue weighted by atomic mass is 32.1. The van der Waals surface area contributed by atoms with E-state index in [9.17, 15) is 19.2 Å². The normalized spacial score (nSPS) is 16.1. The summed E-state index contributed by atoms with van der Waals surface area (Å²) in [5.74, 6) is -1.57. The summed E-state index contributed by atoms with van der Waals surface area (Å²) in [6.45, 7) is 9.80. The molecule has 4 aliphatic carbocycles. The lowest BCUT2D eigenvalue weighted by Gasteiger charge is -2.29. The van der Waals surface area contributed by atoms with Crippen molar-refractivity contribution in [1.82, 2.24) is 9.80 Å². The van der Waals surface area contributed by atoms with Gasteiger partial charge in [0, 0.05) is 64.3 Å². The van der Waals surface area contributed by atoms with Gasteiger partial charge in [0.15, 0.2) is 0 Å². The fourth-order valence-corrected chi connectivity index (χ4v) is 17.4. The molecule has 8 nitrogen and oxygen atoms in total. The molecule has 2 aliphatic heterocycles. The summed E-state index contributed by atoms with van der Waals surface area (Å²) in [5, 5.41) is 8.41. The number of rotatable bonds is 16. The van der Waals surface area contributed by atoms with Crippen LogP contribution in [0.2, 0.25) is 0 Å². The third-order valence-corrected chi connectivity index (χ3v) is 21.7. The van der Waals surface area contributed by atoms with Crippen molar-refractivity contribution in [2.24, 2.45) is 11.8 Å². The molecule has 0 radical (unpaired) electrons. The zero-order valence-corrected chi connectivity index (χ0v) is 46.9. The summed E-state index contributed by atoms with van der Waals surface area (Å²) in [6, 6.07) is 36.3. The third-order valence-electron chi connectivity index (χ3n) is 17.0. The molecule has 4 aromatic heterocycles. The van der Waals surface area contributed by atoms with E-state index in [1.807, 2.05) is 58.3 Å². The van der Waals surface area contributed by atoms with Crippen LogP contribution in [0.15, 0.2) is 120 Å². The van der Waals surface area contributed by atoms with E-state index in [0.29, 0.717) is 57.9 Å². The van der Waals surface area contributed by atoms with Gasteiger partial charge in [-0.3, -0.25) is 28.8 Å². The van der Waals surface area contributed by atoms with Crippen LogP contribution in [0.1, 0.15) is 130 Å². The predicted octanol–water partition coefficient (Wildman–Crippen LogP) is 17.2. The van der Waals surface area contributed by atoms with E-state index < -0.39 is 23.1 Å². The topological polar surface area (TPSA) is 109 Å². The van der Waals surface area contributed by atoms with Crippen LogP contribution in [0.4, 0.5) is 0 Å².